The fourth-order valence-corrected chi connectivity index (χ4v) is 3.22. The number of nitrogens with one attached hydrogen (secondary N) is 1. The Kier molecular flexibility index (Phi) is 5.08. The largest absolute Gasteiger partial charge is 0.416 e. The van der Waals surface area contributed by atoms with Crippen molar-refractivity contribution in [2.75, 3.05) is 13.6 Å². The highest BCUT2D eigenvalue weighted by molar-refractivity contribution is 5.25. The Bertz CT molecular complexity index is 409. The number of rotatable bonds is 4. The van der Waals surface area contributed by atoms with Crippen LogP contribution in [0.2, 0.25) is 0 Å². The molecule has 1 N–H and O–H groups in total. The van der Waals surface area contributed by atoms with Gasteiger partial charge in [0.25, 0.3) is 0 Å². The molecule has 112 valence electrons. The van der Waals surface area contributed by atoms with E-state index in [1.165, 1.54) is 37.8 Å². The monoisotopic (exact) mass is 285 g/mol. The van der Waals surface area contributed by atoms with E-state index in [1.807, 2.05) is 7.05 Å². The summed E-state index contributed by atoms with van der Waals surface area (Å²) >= 11 is 0. The number of alkyl halides is 3. The molecule has 1 aromatic carbocycles. The van der Waals surface area contributed by atoms with E-state index < -0.39 is 11.7 Å². The molecule has 0 amide bonds. The third-order valence-corrected chi connectivity index (χ3v) is 4.31. The topological polar surface area (TPSA) is 12.0 Å². The third-order valence-electron chi connectivity index (χ3n) is 4.31. The molecule has 0 spiro atoms. The molecule has 0 radical (unpaired) electrons. The Hall–Kier alpha value is -1.03. The SMILES string of the molecule is CNCC1CCCCC1Cc1ccc(C(F)(F)F)cc1. The van der Waals surface area contributed by atoms with Gasteiger partial charge in [-0.3, -0.25) is 0 Å². The predicted molar refractivity (Wildman–Crippen MR) is 74.5 cm³/mol. The van der Waals surface area contributed by atoms with E-state index in [2.05, 4.69) is 5.32 Å². The summed E-state index contributed by atoms with van der Waals surface area (Å²) < 4.78 is 37.6. The summed E-state index contributed by atoms with van der Waals surface area (Å²) in [6, 6.07) is 5.66. The van der Waals surface area contributed by atoms with Gasteiger partial charge >= 0.3 is 6.18 Å². The minimum absolute atomic E-state index is 0.559. The Morgan fingerprint density at radius 1 is 1.05 bits per heavy atom. The second-order valence-electron chi connectivity index (χ2n) is 5.76. The van der Waals surface area contributed by atoms with Crippen molar-refractivity contribution in [2.24, 2.45) is 11.8 Å². The molecule has 0 bridgehead atoms. The molecule has 0 saturated heterocycles. The molecule has 2 rings (SSSR count). The number of benzene rings is 1. The third kappa shape index (κ3) is 3.98. The summed E-state index contributed by atoms with van der Waals surface area (Å²) in [4.78, 5) is 0. The molecule has 1 nitrogen and oxygen atoms in total. The van der Waals surface area contributed by atoms with E-state index in [1.54, 1.807) is 12.1 Å². The fraction of sp³-hybridized carbons (Fsp3) is 0.625. The minimum atomic E-state index is -4.24. The number of hydrogen-bond donors (Lipinski definition) is 1. The number of halogens is 3. The first-order valence-electron chi connectivity index (χ1n) is 7.31. The van der Waals surface area contributed by atoms with Crippen LogP contribution in [0.5, 0.6) is 0 Å². The quantitative estimate of drug-likeness (QED) is 0.871. The Labute approximate surface area is 118 Å². The standard InChI is InChI=1S/C16H22F3N/c1-20-11-14-5-3-2-4-13(14)10-12-6-8-15(9-7-12)16(17,18)19/h6-9,13-14,20H,2-5,10-11H2,1H3. The van der Waals surface area contributed by atoms with Crippen LogP contribution < -0.4 is 5.32 Å². The van der Waals surface area contributed by atoms with E-state index in [9.17, 15) is 13.2 Å². The van der Waals surface area contributed by atoms with Crippen molar-refractivity contribution in [3.63, 3.8) is 0 Å². The van der Waals surface area contributed by atoms with Gasteiger partial charge in [-0.1, -0.05) is 25.0 Å². The summed E-state index contributed by atoms with van der Waals surface area (Å²) in [6.45, 7) is 1.01. The Balaban J connectivity index is 2.01. The molecular formula is C16H22F3N. The van der Waals surface area contributed by atoms with Crippen LogP contribution in [0.15, 0.2) is 24.3 Å². The molecule has 2 unspecified atom stereocenters. The molecule has 1 aromatic rings. The zero-order valence-electron chi connectivity index (χ0n) is 11.8. The molecule has 1 aliphatic rings. The summed E-state index contributed by atoms with van der Waals surface area (Å²) in [6.07, 6.45) is 1.59. The van der Waals surface area contributed by atoms with Crippen LogP contribution in [0, 0.1) is 11.8 Å². The first-order chi connectivity index (χ1) is 9.50. The smallest absolute Gasteiger partial charge is 0.319 e. The highest BCUT2D eigenvalue weighted by atomic mass is 19.4. The molecule has 20 heavy (non-hydrogen) atoms. The van der Waals surface area contributed by atoms with Crippen LogP contribution >= 0.6 is 0 Å². The van der Waals surface area contributed by atoms with Crippen molar-refractivity contribution in [1.82, 2.24) is 5.32 Å². The number of hydrogen-bond acceptors (Lipinski definition) is 1. The van der Waals surface area contributed by atoms with Crippen LogP contribution in [-0.2, 0) is 12.6 Å². The van der Waals surface area contributed by atoms with Gasteiger partial charge in [0.1, 0.15) is 0 Å². The van der Waals surface area contributed by atoms with E-state index >= 15 is 0 Å². The fourth-order valence-electron chi connectivity index (χ4n) is 3.22. The van der Waals surface area contributed by atoms with Gasteiger partial charge in [-0.05, 0) is 62.4 Å². The normalized spacial score (nSPS) is 23.8. The molecule has 1 aliphatic carbocycles. The molecule has 0 heterocycles. The van der Waals surface area contributed by atoms with Crippen LogP contribution in [0.25, 0.3) is 0 Å². The van der Waals surface area contributed by atoms with Crippen molar-refractivity contribution in [3.05, 3.63) is 35.4 Å². The van der Waals surface area contributed by atoms with E-state index in [4.69, 9.17) is 0 Å². The summed E-state index contributed by atoms with van der Waals surface area (Å²) in [7, 11) is 1.96. The van der Waals surface area contributed by atoms with Crippen molar-refractivity contribution >= 4 is 0 Å². The van der Waals surface area contributed by atoms with Gasteiger partial charge in [0.2, 0.25) is 0 Å². The van der Waals surface area contributed by atoms with Crippen molar-refractivity contribution < 1.29 is 13.2 Å². The zero-order valence-corrected chi connectivity index (χ0v) is 11.8. The molecular weight excluding hydrogens is 263 g/mol. The summed E-state index contributed by atoms with van der Waals surface area (Å²) in [5, 5.41) is 3.23. The highest BCUT2D eigenvalue weighted by Crippen LogP contribution is 2.33. The molecule has 2 atom stereocenters. The Morgan fingerprint density at radius 2 is 1.65 bits per heavy atom. The maximum absolute atomic E-state index is 12.5. The summed E-state index contributed by atoms with van der Waals surface area (Å²) in [5.74, 6) is 1.24. The summed E-state index contributed by atoms with van der Waals surface area (Å²) in [5.41, 5.74) is 0.461. The van der Waals surface area contributed by atoms with Crippen LogP contribution in [0.1, 0.15) is 36.8 Å². The average Bonchev–Trinajstić information content (AvgIpc) is 2.41. The van der Waals surface area contributed by atoms with Gasteiger partial charge in [-0.15, -0.1) is 0 Å². The van der Waals surface area contributed by atoms with Crippen molar-refractivity contribution in [3.8, 4) is 0 Å². The maximum atomic E-state index is 12.5. The molecule has 4 heteroatoms. The Morgan fingerprint density at radius 3 is 2.20 bits per heavy atom. The first-order valence-corrected chi connectivity index (χ1v) is 7.31. The van der Waals surface area contributed by atoms with Gasteiger partial charge < -0.3 is 5.32 Å². The van der Waals surface area contributed by atoms with E-state index in [0.29, 0.717) is 11.8 Å². The van der Waals surface area contributed by atoms with Gasteiger partial charge in [-0.2, -0.15) is 13.2 Å². The lowest BCUT2D eigenvalue weighted by Gasteiger charge is -2.31. The second kappa shape index (κ2) is 6.61. The zero-order chi connectivity index (χ0) is 14.6. The molecule has 1 fully saturated rings. The minimum Gasteiger partial charge on any atom is -0.319 e. The van der Waals surface area contributed by atoms with Crippen LogP contribution in [0.3, 0.4) is 0 Å². The second-order valence-corrected chi connectivity index (χ2v) is 5.76. The van der Waals surface area contributed by atoms with E-state index in [-0.39, 0.29) is 0 Å². The average molecular weight is 285 g/mol. The molecule has 0 aliphatic heterocycles. The van der Waals surface area contributed by atoms with E-state index in [0.717, 1.165) is 18.5 Å². The van der Waals surface area contributed by atoms with Gasteiger partial charge in [0.05, 0.1) is 5.56 Å². The first kappa shape index (κ1) is 15.4. The van der Waals surface area contributed by atoms with Crippen molar-refractivity contribution in [1.29, 1.82) is 0 Å². The molecule has 0 aromatic heterocycles. The van der Waals surface area contributed by atoms with Crippen LogP contribution in [0.4, 0.5) is 13.2 Å². The lowest BCUT2D eigenvalue weighted by molar-refractivity contribution is -0.137. The lowest BCUT2D eigenvalue weighted by Crippen LogP contribution is -2.30. The van der Waals surface area contributed by atoms with Gasteiger partial charge in [0.15, 0.2) is 0 Å². The van der Waals surface area contributed by atoms with Crippen LogP contribution in [-0.4, -0.2) is 13.6 Å². The maximum Gasteiger partial charge on any atom is 0.416 e. The predicted octanol–water partition coefficient (Wildman–Crippen LogP) is 4.27. The highest BCUT2D eigenvalue weighted by Gasteiger charge is 2.30. The van der Waals surface area contributed by atoms with Gasteiger partial charge in [0, 0.05) is 0 Å². The molecule has 1 saturated carbocycles. The lowest BCUT2D eigenvalue weighted by atomic mass is 9.76. The van der Waals surface area contributed by atoms with Crippen molar-refractivity contribution in [2.45, 2.75) is 38.3 Å². The van der Waals surface area contributed by atoms with Gasteiger partial charge in [-0.25, -0.2) is 0 Å².